The molecule has 1 aliphatic heterocycles. The van der Waals surface area contributed by atoms with Gasteiger partial charge >= 0.3 is 5.97 Å². The first-order chi connectivity index (χ1) is 10.6. The van der Waals surface area contributed by atoms with Crippen molar-refractivity contribution < 1.29 is 14.7 Å². The summed E-state index contributed by atoms with van der Waals surface area (Å²) in [5.41, 5.74) is 2.29. The Morgan fingerprint density at radius 2 is 1.82 bits per heavy atom. The number of fused-ring (bicyclic) bond motifs is 1. The molecule has 1 amide bonds. The molecule has 0 aromatic heterocycles. The van der Waals surface area contributed by atoms with Crippen molar-refractivity contribution in [3.05, 3.63) is 34.3 Å². The first-order valence-corrected chi connectivity index (χ1v) is 8.22. The summed E-state index contributed by atoms with van der Waals surface area (Å²) < 4.78 is 0. The predicted octanol–water partition coefficient (Wildman–Crippen LogP) is 3.12. The maximum Gasteiger partial charge on any atom is 0.306 e. The molecule has 1 fully saturated rings. The molecule has 118 valence electrons. The fourth-order valence-corrected chi connectivity index (χ4v) is 3.89. The highest BCUT2D eigenvalue weighted by Gasteiger charge is 2.33. The molecule has 0 bridgehead atoms. The van der Waals surface area contributed by atoms with E-state index in [1.54, 1.807) is 0 Å². The van der Waals surface area contributed by atoms with Crippen LogP contribution in [0.25, 0.3) is 0 Å². The van der Waals surface area contributed by atoms with Crippen LogP contribution in [0.5, 0.6) is 0 Å². The first-order valence-electron chi connectivity index (χ1n) is 7.84. The third-order valence-electron chi connectivity index (χ3n) is 4.95. The summed E-state index contributed by atoms with van der Waals surface area (Å²) in [5, 5.41) is 9.82. The van der Waals surface area contributed by atoms with Gasteiger partial charge in [0.05, 0.1) is 5.92 Å². The molecule has 5 heteroatoms. The van der Waals surface area contributed by atoms with Gasteiger partial charge in [0.25, 0.3) is 0 Å². The van der Waals surface area contributed by atoms with Crippen LogP contribution in [0, 0.1) is 11.8 Å². The molecule has 1 aliphatic carbocycles. The van der Waals surface area contributed by atoms with Crippen LogP contribution >= 0.6 is 11.6 Å². The summed E-state index contributed by atoms with van der Waals surface area (Å²) in [6.07, 6.45) is 3.40. The molecule has 1 aromatic carbocycles. The molecule has 0 atom stereocenters. The Morgan fingerprint density at radius 3 is 2.50 bits per heavy atom. The third-order valence-corrected chi connectivity index (χ3v) is 5.30. The lowest BCUT2D eigenvalue weighted by Crippen LogP contribution is -2.41. The number of halogens is 1. The van der Waals surface area contributed by atoms with E-state index in [4.69, 9.17) is 16.7 Å². The molecular formula is C17H20ClNO3. The molecule has 1 saturated carbocycles. The summed E-state index contributed by atoms with van der Waals surface area (Å²) in [7, 11) is 0. The number of hydrogen-bond donors (Lipinski definition) is 1. The highest BCUT2D eigenvalue weighted by Crippen LogP contribution is 2.32. The minimum absolute atomic E-state index is 0.0173. The number of hydrogen-bond acceptors (Lipinski definition) is 2. The fraction of sp³-hybridized carbons (Fsp3) is 0.529. The number of amides is 1. The van der Waals surface area contributed by atoms with Crippen LogP contribution in [-0.4, -0.2) is 28.4 Å². The van der Waals surface area contributed by atoms with E-state index >= 15 is 0 Å². The van der Waals surface area contributed by atoms with Gasteiger partial charge in [-0.15, -0.1) is 0 Å². The van der Waals surface area contributed by atoms with Crippen molar-refractivity contribution in [1.29, 1.82) is 0 Å². The highest BCUT2D eigenvalue weighted by molar-refractivity contribution is 6.31. The Hall–Kier alpha value is -1.55. The molecule has 0 spiro atoms. The molecule has 0 saturated heterocycles. The van der Waals surface area contributed by atoms with Crippen LogP contribution in [0.2, 0.25) is 5.02 Å². The molecule has 0 radical (unpaired) electrons. The van der Waals surface area contributed by atoms with Crippen molar-refractivity contribution in [2.75, 3.05) is 6.54 Å². The average molecular weight is 322 g/mol. The average Bonchev–Trinajstić information content (AvgIpc) is 2.54. The van der Waals surface area contributed by atoms with Crippen LogP contribution in [0.4, 0.5) is 0 Å². The minimum Gasteiger partial charge on any atom is -0.481 e. The summed E-state index contributed by atoms with van der Waals surface area (Å²) in [4.78, 5) is 25.6. The largest absolute Gasteiger partial charge is 0.481 e. The zero-order chi connectivity index (χ0) is 15.7. The molecule has 0 unspecified atom stereocenters. The van der Waals surface area contributed by atoms with Crippen molar-refractivity contribution in [2.45, 2.75) is 38.6 Å². The van der Waals surface area contributed by atoms with Gasteiger partial charge in [0, 0.05) is 24.0 Å². The van der Waals surface area contributed by atoms with E-state index in [0.29, 0.717) is 38.8 Å². The molecule has 1 heterocycles. The normalized spacial score (nSPS) is 24.7. The Morgan fingerprint density at radius 1 is 1.14 bits per heavy atom. The van der Waals surface area contributed by atoms with Gasteiger partial charge in [-0.1, -0.05) is 23.7 Å². The topological polar surface area (TPSA) is 57.6 Å². The number of carbonyl (C=O) groups is 2. The standard InChI is InChI=1S/C17H20ClNO3/c18-15-3-1-2-13-10-19(9-8-14(13)15)16(20)11-4-6-12(7-5-11)17(21)22/h1-3,11-12H,4-10H2,(H,21,22). The number of benzene rings is 1. The van der Waals surface area contributed by atoms with Crippen molar-refractivity contribution in [3.8, 4) is 0 Å². The Kier molecular flexibility index (Phi) is 4.39. The van der Waals surface area contributed by atoms with Crippen LogP contribution in [0.3, 0.4) is 0 Å². The van der Waals surface area contributed by atoms with Crippen LogP contribution < -0.4 is 0 Å². The highest BCUT2D eigenvalue weighted by atomic mass is 35.5. The molecule has 2 aliphatic rings. The van der Waals surface area contributed by atoms with E-state index in [9.17, 15) is 9.59 Å². The van der Waals surface area contributed by atoms with Crippen molar-refractivity contribution >= 4 is 23.5 Å². The first kappa shape index (κ1) is 15.3. The number of carboxylic acid groups (broad SMARTS) is 1. The zero-order valence-corrected chi connectivity index (χ0v) is 13.2. The maximum atomic E-state index is 12.7. The minimum atomic E-state index is -0.729. The number of nitrogens with zero attached hydrogens (tertiary/aromatic N) is 1. The lowest BCUT2D eigenvalue weighted by atomic mass is 9.81. The summed E-state index contributed by atoms with van der Waals surface area (Å²) in [6.45, 7) is 1.32. The van der Waals surface area contributed by atoms with E-state index < -0.39 is 5.97 Å². The van der Waals surface area contributed by atoms with Crippen molar-refractivity contribution in [1.82, 2.24) is 4.90 Å². The van der Waals surface area contributed by atoms with E-state index in [0.717, 1.165) is 22.6 Å². The molecular weight excluding hydrogens is 302 g/mol. The lowest BCUT2D eigenvalue weighted by molar-refractivity contribution is -0.146. The number of carbonyl (C=O) groups excluding carboxylic acids is 1. The lowest BCUT2D eigenvalue weighted by Gasteiger charge is -2.34. The molecule has 3 rings (SSSR count). The van der Waals surface area contributed by atoms with E-state index in [1.807, 2.05) is 23.1 Å². The smallest absolute Gasteiger partial charge is 0.306 e. The van der Waals surface area contributed by atoms with Crippen LogP contribution in [0.1, 0.15) is 36.8 Å². The van der Waals surface area contributed by atoms with E-state index in [-0.39, 0.29) is 17.7 Å². The molecule has 1 N–H and O–H groups in total. The monoisotopic (exact) mass is 321 g/mol. The molecule has 4 nitrogen and oxygen atoms in total. The second kappa shape index (κ2) is 6.29. The van der Waals surface area contributed by atoms with Gasteiger partial charge in [-0.3, -0.25) is 9.59 Å². The summed E-state index contributed by atoms with van der Waals surface area (Å²) in [5.74, 6) is -0.844. The van der Waals surface area contributed by atoms with Crippen LogP contribution in [-0.2, 0) is 22.6 Å². The third kappa shape index (κ3) is 2.98. The number of aliphatic carboxylic acids is 1. The van der Waals surface area contributed by atoms with Gasteiger partial charge in [-0.25, -0.2) is 0 Å². The Labute approximate surface area is 135 Å². The van der Waals surface area contributed by atoms with Crippen molar-refractivity contribution in [3.63, 3.8) is 0 Å². The SMILES string of the molecule is O=C(O)C1CCC(C(=O)N2CCc3c(Cl)cccc3C2)CC1. The van der Waals surface area contributed by atoms with E-state index in [2.05, 4.69) is 0 Å². The van der Waals surface area contributed by atoms with Crippen LogP contribution in [0.15, 0.2) is 18.2 Å². The number of carboxylic acids is 1. The van der Waals surface area contributed by atoms with Gasteiger partial charge in [-0.2, -0.15) is 0 Å². The van der Waals surface area contributed by atoms with Gasteiger partial charge < -0.3 is 10.0 Å². The van der Waals surface area contributed by atoms with Gasteiger partial charge in [0.1, 0.15) is 0 Å². The zero-order valence-electron chi connectivity index (χ0n) is 12.4. The Balaban J connectivity index is 1.64. The second-order valence-corrected chi connectivity index (χ2v) is 6.68. The van der Waals surface area contributed by atoms with E-state index in [1.165, 1.54) is 0 Å². The summed E-state index contributed by atoms with van der Waals surface area (Å²) in [6, 6.07) is 5.85. The second-order valence-electron chi connectivity index (χ2n) is 6.27. The van der Waals surface area contributed by atoms with Gasteiger partial charge in [-0.05, 0) is 49.3 Å². The van der Waals surface area contributed by atoms with Gasteiger partial charge in [0.2, 0.25) is 5.91 Å². The fourth-order valence-electron chi connectivity index (χ4n) is 3.60. The van der Waals surface area contributed by atoms with Gasteiger partial charge in [0.15, 0.2) is 0 Å². The quantitative estimate of drug-likeness (QED) is 0.910. The maximum absolute atomic E-state index is 12.7. The van der Waals surface area contributed by atoms with Crippen molar-refractivity contribution in [2.24, 2.45) is 11.8 Å². The number of rotatable bonds is 2. The molecule has 22 heavy (non-hydrogen) atoms. The predicted molar refractivity (Wildman–Crippen MR) is 83.7 cm³/mol. The Bertz CT molecular complexity index is 594. The molecule has 1 aromatic rings. The summed E-state index contributed by atoms with van der Waals surface area (Å²) >= 11 is 6.20.